The molecule has 1 aliphatic carbocycles. The van der Waals surface area contributed by atoms with Gasteiger partial charge in [0, 0.05) is 0 Å². The Bertz CT molecular complexity index is 1060. The van der Waals surface area contributed by atoms with E-state index in [-0.39, 0.29) is 12.8 Å². The molecule has 0 aliphatic heterocycles. The third kappa shape index (κ3) is 29.5. The zero-order chi connectivity index (χ0) is 45.1. The second-order valence-electron chi connectivity index (χ2n) is 18.2. The first-order valence-electron chi connectivity index (χ1n) is 25.1. The molecule has 0 heterocycles. The Balaban J connectivity index is 2.44. The van der Waals surface area contributed by atoms with Gasteiger partial charge in [-0.15, -0.1) is 0 Å². The maximum atomic E-state index is 13.0. The SMILES string of the molecule is CCCCCCCCCCCCCCCCCCCCCCCC(O)C(COP(=O)(O)OC1C(O)C(O)C(O)C(O)C1O)NC(=O)CC(O)CCCCCCCCCCCC. The minimum absolute atomic E-state index is 0.216. The molecule has 0 saturated heterocycles. The first-order chi connectivity index (χ1) is 29.3. The number of aliphatic hydroxyl groups excluding tert-OH is 7. The summed E-state index contributed by atoms with van der Waals surface area (Å²) < 4.78 is 22.9. The fourth-order valence-corrected chi connectivity index (χ4v) is 9.33. The van der Waals surface area contributed by atoms with E-state index in [2.05, 4.69) is 19.2 Å². The van der Waals surface area contributed by atoms with Crippen LogP contribution in [0.3, 0.4) is 0 Å². The molecule has 0 bridgehead atoms. The number of hydrogen-bond acceptors (Lipinski definition) is 11. The molecule has 0 spiro atoms. The van der Waals surface area contributed by atoms with Crippen LogP contribution in [0, 0.1) is 0 Å². The highest BCUT2D eigenvalue weighted by molar-refractivity contribution is 7.47. The van der Waals surface area contributed by atoms with Crippen molar-refractivity contribution in [2.45, 2.75) is 287 Å². The highest BCUT2D eigenvalue weighted by atomic mass is 31.2. The van der Waals surface area contributed by atoms with Crippen molar-refractivity contribution in [3.8, 4) is 0 Å². The zero-order valence-electron chi connectivity index (χ0n) is 38.6. The van der Waals surface area contributed by atoms with E-state index in [4.69, 9.17) is 9.05 Å². The second-order valence-corrected chi connectivity index (χ2v) is 19.6. The molecule has 13 nitrogen and oxygen atoms in total. The number of unbranched alkanes of at least 4 members (excludes halogenated alkanes) is 29. The number of nitrogens with one attached hydrogen (secondary N) is 1. The smallest absolute Gasteiger partial charge is 0.393 e. The number of phosphoric ester groups is 1. The van der Waals surface area contributed by atoms with Crippen LogP contribution in [0.2, 0.25) is 0 Å². The van der Waals surface area contributed by atoms with Gasteiger partial charge in [0.2, 0.25) is 5.91 Å². The van der Waals surface area contributed by atoms with Crippen molar-refractivity contribution >= 4 is 13.7 Å². The first-order valence-corrected chi connectivity index (χ1v) is 26.6. The molecule has 1 amide bonds. The number of aliphatic hydroxyl groups is 7. The van der Waals surface area contributed by atoms with Crippen LogP contribution in [-0.2, 0) is 18.4 Å². The molecule has 364 valence electrons. The summed E-state index contributed by atoms with van der Waals surface area (Å²) in [7, 11) is -5.11. The highest BCUT2D eigenvalue weighted by Crippen LogP contribution is 2.47. The molecule has 1 saturated carbocycles. The van der Waals surface area contributed by atoms with Gasteiger partial charge in [0.1, 0.15) is 36.6 Å². The molecule has 9 N–H and O–H groups in total. The number of carbonyl (C=O) groups is 1. The van der Waals surface area contributed by atoms with Crippen LogP contribution in [0.5, 0.6) is 0 Å². The van der Waals surface area contributed by atoms with Crippen molar-refractivity contribution in [2.75, 3.05) is 6.61 Å². The maximum absolute atomic E-state index is 13.0. The minimum atomic E-state index is -5.11. The Morgan fingerprint density at radius 1 is 0.508 bits per heavy atom. The number of phosphoric acid groups is 1. The molecule has 0 aromatic carbocycles. The minimum Gasteiger partial charge on any atom is -0.393 e. The van der Waals surface area contributed by atoms with E-state index >= 15 is 0 Å². The summed E-state index contributed by atoms with van der Waals surface area (Å²) in [5, 5.41) is 74.6. The Morgan fingerprint density at radius 2 is 0.820 bits per heavy atom. The normalized spacial score (nSPS) is 23.1. The molecule has 14 heteroatoms. The molecule has 8 unspecified atom stereocenters. The number of rotatable bonds is 42. The van der Waals surface area contributed by atoms with Gasteiger partial charge in [-0.1, -0.05) is 213 Å². The zero-order valence-corrected chi connectivity index (χ0v) is 39.5. The van der Waals surface area contributed by atoms with Gasteiger partial charge < -0.3 is 46.0 Å². The van der Waals surface area contributed by atoms with E-state index in [0.717, 1.165) is 51.4 Å². The summed E-state index contributed by atoms with van der Waals surface area (Å²) in [6, 6.07) is -1.15. The Kier molecular flexibility index (Phi) is 35.9. The lowest BCUT2D eigenvalue weighted by Gasteiger charge is -2.41. The molecular formula is C47H94NO12P. The summed E-state index contributed by atoms with van der Waals surface area (Å²) in [6.45, 7) is 3.79. The lowest BCUT2D eigenvalue weighted by molar-refractivity contribution is -0.220. The van der Waals surface area contributed by atoms with Gasteiger partial charge in [-0.3, -0.25) is 13.8 Å². The topological polar surface area (TPSA) is 226 Å². The van der Waals surface area contributed by atoms with Gasteiger partial charge in [-0.25, -0.2) is 4.57 Å². The molecule has 1 aliphatic rings. The third-order valence-corrected chi connectivity index (χ3v) is 13.5. The van der Waals surface area contributed by atoms with Crippen LogP contribution in [-0.4, -0.2) is 108 Å². The number of hydrogen-bond donors (Lipinski definition) is 9. The lowest BCUT2D eigenvalue weighted by atomic mass is 9.85. The molecule has 1 rings (SSSR count). The summed E-state index contributed by atoms with van der Waals surface area (Å²) >= 11 is 0. The summed E-state index contributed by atoms with van der Waals surface area (Å²) in [5.41, 5.74) is 0. The van der Waals surface area contributed by atoms with Crippen molar-refractivity contribution in [3.05, 3.63) is 0 Å². The van der Waals surface area contributed by atoms with Crippen LogP contribution >= 0.6 is 7.82 Å². The van der Waals surface area contributed by atoms with Gasteiger partial charge in [-0.05, 0) is 12.8 Å². The van der Waals surface area contributed by atoms with Gasteiger partial charge in [-0.2, -0.15) is 0 Å². The molecule has 0 aromatic heterocycles. The quantitative estimate of drug-likeness (QED) is 0.0207. The maximum Gasteiger partial charge on any atom is 0.472 e. The Morgan fingerprint density at radius 3 is 1.18 bits per heavy atom. The monoisotopic (exact) mass is 896 g/mol. The fourth-order valence-electron chi connectivity index (χ4n) is 8.36. The van der Waals surface area contributed by atoms with Gasteiger partial charge in [0.25, 0.3) is 0 Å². The number of carbonyl (C=O) groups excluding carboxylic acids is 1. The molecule has 8 atom stereocenters. The van der Waals surface area contributed by atoms with Gasteiger partial charge in [0.15, 0.2) is 0 Å². The van der Waals surface area contributed by atoms with Crippen LogP contribution in [0.25, 0.3) is 0 Å². The molecular weight excluding hydrogens is 801 g/mol. The van der Waals surface area contributed by atoms with E-state index < -0.39 is 75.2 Å². The average Bonchev–Trinajstić information content (AvgIpc) is 3.23. The van der Waals surface area contributed by atoms with E-state index in [9.17, 15) is 50.0 Å². The van der Waals surface area contributed by atoms with E-state index in [1.807, 2.05) is 0 Å². The fraction of sp³-hybridized carbons (Fsp3) is 0.979. The van der Waals surface area contributed by atoms with Crippen molar-refractivity contribution in [1.82, 2.24) is 5.32 Å². The largest absolute Gasteiger partial charge is 0.472 e. The predicted molar refractivity (Wildman–Crippen MR) is 243 cm³/mol. The van der Waals surface area contributed by atoms with Crippen molar-refractivity contribution in [2.24, 2.45) is 0 Å². The highest BCUT2D eigenvalue weighted by Gasteiger charge is 2.51. The Labute approximate surface area is 370 Å². The molecule has 0 radical (unpaired) electrons. The van der Waals surface area contributed by atoms with Gasteiger partial charge >= 0.3 is 7.82 Å². The summed E-state index contributed by atoms with van der Waals surface area (Å²) in [6.07, 6.45) is 24.4. The van der Waals surface area contributed by atoms with Crippen LogP contribution < -0.4 is 5.32 Å². The standard InChI is InChI=1S/C47H94NO12P/c1-3-5-7-9-11-13-15-16-17-18-19-20-21-22-23-24-25-27-29-31-33-35-40(50)39(37-59-61(57,58)60-47-45(55)43(53)42(52)44(54)46(47)56)48-41(51)36-38(49)34-32-30-28-26-14-12-10-8-6-4-2/h38-40,42-47,49-50,52-56H,3-37H2,1-2H3,(H,48,51)(H,57,58). The van der Waals surface area contributed by atoms with E-state index in [1.54, 1.807) is 0 Å². The predicted octanol–water partition coefficient (Wildman–Crippen LogP) is 8.82. The van der Waals surface area contributed by atoms with Crippen molar-refractivity contribution in [3.63, 3.8) is 0 Å². The molecule has 0 aromatic rings. The first kappa shape index (κ1) is 58.3. The Hall–Kier alpha value is -0.700. The second kappa shape index (κ2) is 37.5. The summed E-state index contributed by atoms with van der Waals surface area (Å²) in [5.74, 6) is -0.557. The van der Waals surface area contributed by atoms with E-state index in [1.165, 1.54) is 141 Å². The third-order valence-electron chi connectivity index (χ3n) is 12.5. The van der Waals surface area contributed by atoms with Crippen molar-refractivity contribution in [1.29, 1.82) is 0 Å². The molecule has 1 fully saturated rings. The lowest BCUT2D eigenvalue weighted by Crippen LogP contribution is -2.64. The number of amides is 1. The summed E-state index contributed by atoms with van der Waals surface area (Å²) in [4.78, 5) is 23.5. The van der Waals surface area contributed by atoms with Gasteiger partial charge in [0.05, 0.1) is 31.3 Å². The average molecular weight is 896 g/mol. The molecule has 61 heavy (non-hydrogen) atoms. The van der Waals surface area contributed by atoms with Crippen LogP contribution in [0.4, 0.5) is 0 Å². The van der Waals surface area contributed by atoms with Crippen LogP contribution in [0.15, 0.2) is 0 Å². The van der Waals surface area contributed by atoms with Crippen LogP contribution in [0.1, 0.15) is 232 Å². The van der Waals surface area contributed by atoms with E-state index in [0.29, 0.717) is 12.8 Å². The van der Waals surface area contributed by atoms with Crippen molar-refractivity contribution < 1.29 is 59.0 Å².